The quantitative estimate of drug-likeness (QED) is 0.225. The summed E-state index contributed by atoms with van der Waals surface area (Å²) in [5.74, 6) is 0. The van der Waals surface area contributed by atoms with E-state index in [2.05, 4.69) is 113 Å². The van der Waals surface area contributed by atoms with E-state index in [0.29, 0.717) is 0 Å². The average Bonchev–Trinajstić information content (AvgIpc) is 2.84. The van der Waals surface area contributed by atoms with Gasteiger partial charge in [0.15, 0.2) is 0 Å². The molecule has 0 heterocycles. The molecule has 4 rings (SSSR count). The second-order valence-electron chi connectivity index (χ2n) is 6.97. The van der Waals surface area contributed by atoms with Crippen molar-refractivity contribution in [3.8, 4) is 0 Å². The van der Waals surface area contributed by atoms with Crippen LogP contribution in [0, 0.1) is 0 Å². The smallest absolute Gasteiger partial charge is 0.0860 e. The molecule has 4 aromatic carbocycles. The van der Waals surface area contributed by atoms with E-state index in [4.69, 9.17) is 23.6 Å². The van der Waals surface area contributed by atoms with Crippen LogP contribution in [-0.2, 0) is 23.6 Å². The van der Waals surface area contributed by atoms with E-state index in [-0.39, 0.29) is 4.31 Å². The van der Waals surface area contributed by atoms with Crippen LogP contribution in [0.4, 0.5) is 0 Å². The standard InChI is InChI=1S/C25H21BrP2S2/c26-25(27(29,21-13-5-1-6-14-21)22-15-7-2-8-16-22)28(30,23-17-9-3-10-18-23)24-19-11-4-12-20-24/h1-20,25H. The molecule has 150 valence electrons. The summed E-state index contributed by atoms with van der Waals surface area (Å²) in [6, 6.07) is 37.6. The summed E-state index contributed by atoms with van der Waals surface area (Å²) in [5, 5.41) is 4.76. The highest BCUT2D eigenvalue weighted by molar-refractivity contribution is 9.13. The van der Waals surface area contributed by atoms with Crippen LogP contribution in [0.5, 0.6) is 0 Å². The molecule has 0 aliphatic carbocycles. The van der Waals surface area contributed by atoms with E-state index in [9.17, 15) is 0 Å². The minimum atomic E-state index is -2.27. The predicted molar refractivity (Wildman–Crippen MR) is 146 cm³/mol. The molecule has 0 nitrogen and oxygen atoms in total. The molecular formula is C25H21BrP2S2. The summed E-state index contributed by atoms with van der Waals surface area (Å²) in [7, 11) is 0. The lowest BCUT2D eigenvalue weighted by Gasteiger charge is -2.37. The molecule has 0 radical (unpaired) electrons. The molecule has 0 saturated heterocycles. The van der Waals surface area contributed by atoms with Crippen molar-refractivity contribution >= 4 is 72.8 Å². The molecule has 0 aromatic heterocycles. The first kappa shape index (κ1) is 21.9. The van der Waals surface area contributed by atoms with Crippen molar-refractivity contribution in [2.45, 2.75) is 4.31 Å². The molecule has 0 aliphatic heterocycles. The van der Waals surface area contributed by atoms with Crippen molar-refractivity contribution in [1.82, 2.24) is 0 Å². The highest BCUT2D eigenvalue weighted by Gasteiger charge is 2.41. The maximum absolute atomic E-state index is 6.63. The lowest BCUT2D eigenvalue weighted by Crippen LogP contribution is -2.29. The van der Waals surface area contributed by atoms with Gasteiger partial charge in [-0.3, -0.25) is 0 Å². The van der Waals surface area contributed by atoms with E-state index in [1.165, 1.54) is 21.2 Å². The summed E-state index contributed by atoms with van der Waals surface area (Å²) in [6.45, 7) is 0. The molecule has 30 heavy (non-hydrogen) atoms. The summed E-state index contributed by atoms with van der Waals surface area (Å²) in [6.07, 6.45) is 0. The largest absolute Gasteiger partial charge is 0.0876 e. The molecule has 0 spiro atoms. The van der Waals surface area contributed by atoms with Gasteiger partial charge >= 0.3 is 0 Å². The highest BCUT2D eigenvalue weighted by atomic mass is 79.9. The molecule has 5 heteroatoms. The summed E-state index contributed by atoms with van der Waals surface area (Å²) >= 11 is 17.4. The minimum absolute atomic E-state index is 0.0444. The van der Waals surface area contributed by atoms with Crippen LogP contribution in [0.1, 0.15) is 0 Å². The third-order valence-corrected chi connectivity index (χ3v) is 22.7. The molecular weight excluding hydrogens is 506 g/mol. The fraction of sp³-hybridized carbons (Fsp3) is 0.0400. The van der Waals surface area contributed by atoms with Gasteiger partial charge in [0.05, 0.1) is 4.31 Å². The molecule has 0 unspecified atom stereocenters. The number of benzene rings is 4. The zero-order valence-corrected chi connectivity index (χ0v) is 21.2. The molecule has 0 N–H and O–H groups in total. The van der Waals surface area contributed by atoms with Gasteiger partial charge in [-0.15, -0.1) is 0 Å². The maximum Gasteiger partial charge on any atom is 0.0876 e. The zero-order chi connectivity index (χ0) is 21.0. The Bertz CT molecular complexity index is 1010. The fourth-order valence-electron chi connectivity index (χ4n) is 3.62. The topological polar surface area (TPSA) is 0 Å². The van der Waals surface area contributed by atoms with Crippen LogP contribution in [0.25, 0.3) is 0 Å². The van der Waals surface area contributed by atoms with Crippen LogP contribution in [0.3, 0.4) is 0 Å². The minimum Gasteiger partial charge on any atom is -0.0860 e. The Morgan fingerprint density at radius 3 is 0.833 bits per heavy atom. The lowest BCUT2D eigenvalue weighted by molar-refractivity contribution is 1.72. The molecule has 0 aliphatic rings. The van der Waals surface area contributed by atoms with Crippen LogP contribution < -0.4 is 21.2 Å². The van der Waals surface area contributed by atoms with Crippen LogP contribution in [-0.4, -0.2) is 4.31 Å². The van der Waals surface area contributed by atoms with E-state index < -0.39 is 12.1 Å². The third kappa shape index (κ3) is 3.95. The predicted octanol–water partition coefficient (Wildman–Crippen LogP) is 5.93. The van der Waals surface area contributed by atoms with Crippen molar-refractivity contribution in [3.05, 3.63) is 121 Å². The number of hydrogen-bond acceptors (Lipinski definition) is 2. The fourth-order valence-corrected chi connectivity index (χ4v) is 18.5. The molecule has 0 amide bonds. The van der Waals surface area contributed by atoms with Crippen molar-refractivity contribution in [2.75, 3.05) is 0 Å². The second-order valence-corrected chi connectivity index (χ2v) is 18.9. The van der Waals surface area contributed by atoms with E-state index in [1.807, 2.05) is 24.3 Å². The summed E-state index contributed by atoms with van der Waals surface area (Å²) in [4.78, 5) is 0. The molecule has 0 atom stereocenters. The lowest BCUT2D eigenvalue weighted by atomic mass is 10.4. The second kappa shape index (κ2) is 9.43. The first-order valence-electron chi connectivity index (χ1n) is 9.64. The maximum atomic E-state index is 6.63. The Balaban J connectivity index is 2.01. The zero-order valence-electron chi connectivity index (χ0n) is 16.2. The van der Waals surface area contributed by atoms with Crippen LogP contribution in [0.15, 0.2) is 121 Å². The van der Waals surface area contributed by atoms with Gasteiger partial charge in [-0.25, -0.2) is 0 Å². The normalized spacial score (nSPS) is 12.1. The third-order valence-electron chi connectivity index (χ3n) is 5.16. The summed E-state index contributed by atoms with van der Waals surface area (Å²) < 4.78 is -0.0444. The van der Waals surface area contributed by atoms with Gasteiger partial charge in [0, 0.05) is 12.1 Å². The Morgan fingerprint density at radius 1 is 0.433 bits per heavy atom. The Hall–Kier alpha value is -1.34. The number of halogens is 1. The van der Waals surface area contributed by atoms with E-state index in [0.717, 1.165) is 0 Å². The molecule has 0 fully saturated rings. The number of alkyl halides is 1. The van der Waals surface area contributed by atoms with Crippen LogP contribution >= 0.6 is 28.0 Å². The van der Waals surface area contributed by atoms with Crippen molar-refractivity contribution in [1.29, 1.82) is 0 Å². The van der Waals surface area contributed by atoms with E-state index in [1.54, 1.807) is 0 Å². The van der Waals surface area contributed by atoms with Gasteiger partial charge in [-0.1, -0.05) is 161 Å². The first-order chi connectivity index (χ1) is 14.6. The SMILES string of the molecule is S=P(c1ccccc1)(c1ccccc1)C(Br)P(=S)(c1ccccc1)c1ccccc1. The van der Waals surface area contributed by atoms with Crippen LogP contribution in [0.2, 0.25) is 0 Å². The van der Waals surface area contributed by atoms with Crippen molar-refractivity contribution in [3.63, 3.8) is 0 Å². The summed E-state index contributed by atoms with van der Waals surface area (Å²) in [5.41, 5.74) is 0. The number of hydrogen-bond donors (Lipinski definition) is 0. The van der Waals surface area contributed by atoms with Gasteiger partial charge in [0.1, 0.15) is 0 Å². The van der Waals surface area contributed by atoms with Crippen molar-refractivity contribution in [2.24, 2.45) is 0 Å². The highest BCUT2D eigenvalue weighted by Crippen LogP contribution is 2.68. The van der Waals surface area contributed by atoms with Gasteiger partial charge in [-0.05, 0) is 21.2 Å². The van der Waals surface area contributed by atoms with Gasteiger partial charge in [0.2, 0.25) is 0 Å². The first-order valence-corrected chi connectivity index (χ1v) is 16.3. The number of rotatable bonds is 6. The average molecular weight is 527 g/mol. The molecule has 0 saturated carbocycles. The Kier molecular flexibility index (Phi) is 6.88. The Labute approximate surface area is 197 Å². The monoisotopic (exact) mass is 526 g/mol. The van der Waals surface area contributed by atoms with Gasteiger partial charge in [0.25, 0.3) is 0 Å². The van der Waals surface area contributed by atoms with Gasteiger partial charge in [-0.2, -0.15) is 0 Å². The molecule has 4 aromatic rings. The van der Waals surface area contributed by atoms with E-state index >= 15 is 0 Å². The Morgan fingerprint density at radius 2 is 0.633 bits per heavy atom. The van der Waals surface area contributed by atoms with Gasteiger partial charge < -0.3 is 0 Å². The molecule has 0 bridgehead atoms. The van der Waals surface area contributed by atoms with Crippen molar-refractivity contribution < 1.29 is 0 Å².